The van der Waals surface area contributed by atoms with Gasteiger partial charge in [0.25, 0.3) is 0 Å². The number of anilines is 1. The van der Waals surface area contributed by atoms with Crippen molar-refractivity contribution in [3.05, 3.63) is 11.2 Å². The average Bonchev–Trinajstić information content (AvgIpc) is 3.30. The molecule has 1 aromatic rings. The van der Waals surface area contributed by atoms with Crippen LogP contribution >= 0.6 is 11.6 Å². The maximum atomic E-state index is 6.28. The Bertz CT molecular complexity index is 466. The van der Waals surface area contributed by atoms with Crippen molar-refractivity contribution in [3.63, 3.8) is 0 Å². The lowest BCUT2D eigenvalue weighted by molar-refractivity contribution is 0.376. The number of nitrogens with one attached hydrogen (secondary N) is 1. The van der Waals surface area contributed by atoms with Gasteiger partial charge in [0, 0.05) is 25.2 Å². The lowest BCUT2D eigenvalue weighted by Crippen LogP contribution is -2.46. The molecule has 2 heterocycles. The van der Waals surface area contributed by atoms with Crippen LogP contribution in [0.15, 0.2) is 6.20 Å². The first-order chi connectivity index (χ1) is 9.78. The van der Waals surface area contributed by atoms with Gasteiger partial charge in [-0.1, -0.05) is 11.6 Å². The molecule has 1 unspecified atom stereocenters. The van der Waals surface area contributed by atoms with Crippen LogP contribution in [0.3, 0.4) is 0 Å². The van der Waals surface area contributed by atoms with Gasteiger partial charge in [0.05, 0.1) is 13.3 Å². The molecule has 1 aromatic heterocycles. The van der Waals surface area contributed by atoms with Gasteiger partial charge in [-0.15, -0.1) is 0 Å². The smallest absolute Gasteiger partial charge is 0.318 e. The third-order valence-corrected chi connectivity index (χ3v) is 4.27. The molecule has 0 bridgehead atoms. The predicted octanol–water partition coefficient (Wildman–Crippen LogP) is 2.25. The highest BCUT2D eigenvalue weighted by atomic mass is 35.5. The molecule has 2 fully saturated rings. The molecule has 20 heavy (non-hydrogen) atoms. The first-order valence-corrected chi connectivity index (χ1v) is 7.72. The number of rotatable bonds is 5. The van der Waals surface area contributed by atoms with Gasteiger partial charge in [0.1, 0.15) is 5.02 Å². The highest BCUT2D eigenvalue weighted by molar-refractivity contribution is 6.32. The Morgan fingerprint density at radius 1 is 1.40 bits per heavy atom. The number of ether oxygens (including phenoxy) is 1. The number of hydrogen-bond donors (Lipinski definition) is 1. The van der Waals surface area contributed by atoms with E-state index in [1.807, 2.05) is 0 Å². The van der Waals surface area contributed by atoms with Crippen LogP contribution < -0.4 is 15.0 Å². The van der Waals surface area contributed by atoms with Crippen LogP contribution in [0.4, 0.5) is 5.82 Å². The molecule has 3 rings (SSSR count). The van der Waals surface area contributed by atoms with E-state index >= 15 is 0 Å². The summed E-state index contributed by atoms with van der Waals surface area (Å²) in [5.74, 6) is 0.806. The minimum atomic E-state index is 0.379. The SMILES string of the molecule is COc1ncc(Cl)c(N2CCCCC2CNC2CC2)n1. The van der Waals surface area contributed by atoms with Crippen LogP contribution in [0.5, 0.6) is 6.01 Å². The van der Waals surface area contributed by atoms with E-state index in [0.717, 1.165) is 24.9 Å². The Kier molecular flexibility index (Phi) is 4.27. The molecule has 1 aliphatic heterocycles. The van der Waals surface area contributed by atoms with Gasteiger partial charge in [0.2, 0.25) is 0 Å². The van der Waals surface area contributed by atoms with E-state index in [9.17, 15) is 0 Å². The summed E-state index contributed by atoms with van der Waals surface area (Å²) in [6.45, 7) is 2.00. The number of nitrogens with zero attached hydrogens (tertiary/aromatic N) is 3. The quantitative estimate of drug-likeness (QED) is 0.903. The third-order valence-electron chi connectivity index (χ3n) is 4.00. The van der Waals surface area contributed by atoms with Gasteiger partial charge in [-0.05, 0) is 32.1 Å². The molecule has 6 heteroatoms. The molecular formula is C14H21ClN4O. The average molecular weight is 297 g/mol. The van der Waals surface area contributed by atoms with Crippen LogP contribution in [0.2, 0.25) is 5.02 Å². The fourth-order valence-corrected chi connectivity index (χ4v) is 2.92. The van der Waals surface area contributed by atoms with Gasteiger partial charge in [-0.2, -0.15) is 4.98 Å². The Balaban J connectivity index is 1.76. The van der Waals surface area contributed by atoms with E-state index < -0.39 is 0 Å². The third kappa shape index (κ3) is 3.15. The first kappa shape index (κ1) is 13.9. The highest BCUT2D eigenvalue weighted by Gasteiger charge is 2.28. The second-order valence-electron chi connectivity index (χ2n) is 5.55. The molecule has 1 saturated carbocycles. The van der Waals surface area contributed by atoms with Gasteiger partial charge in [-0.25, -0.2) is 4.98 Å². The number of hydrogen-bond acceptors (Lipinski definition) is 5. The monoisotopic (exact) mass is 296 g/mol. The van der Waals surface area contributed by atoms with Crippen molar-refractivity contribution in [3.8, 4) is 6.01 Å². The van der Waals surface area contributed by atoms with Crippen molar-refractivity contribution in [1.82, 2.24) is 15.3 Å². The van der Waals surface area contributed by atoms with E-state index in [4.69, 9.17) is 16.3 Å². The van der Waals surface area contributed by atoms with E-state index in [-0.39, 0.29) is 0 Å². The van der Waals surface area contributed by atoms with Crippen LogP contribution in [0.1, 0.15) is 32.1 Å². The first-order valence-electron chi connectivity index (χ1n) is 7.34. The van der Waals surface area contributed by atoms with Crippen LogP contribution in [-0.4, -0.2) is 42.3 Å². The summed E-state index contributed by atoms with van der Waals surface area (Å²) in [6.07, 6.45) is 7.89. The zero-order valence-electron chi connectivity index (χ0n) is 11.8. The molecule has 0 spiro atoms. The summed E-state index contributed by atoms with van der Waals surface area (Å²) < 4.78 is 5.12. The van der Waals surface area contributed by atoms with Crippen molar-refractivity contribution >= 4 is 17.4 Å². The lowest BCUT2D eigenvalue weighted by Gasteiger charge is -2.37. The van der Waals surface area contributed by atoms with E-state index in [1.165, 1.54) is 32.1 Å². The maximum Gasteiger partial charge on any atom is 0.318 e. The van der Waals surface area contributed by atoms with Gasteiger partial charge < -0.3 is 15.0 Å². The van der Waals surface area contributed by atoms with E-state index in [2.05, 4.69) is 20.2 Å². The standard InChI is InChI=1S/C14H21ClN4O/c1-20-14-17-9-12(15)13(18-14)19-7-3-2-4-11(19)8-16-10-5-6-10/h9-11,16H,2-8H2,1H3. The fraction of sp³-hybridized carbons (Fsp3) is 0.714. The number of halogens is 1. The second kappa shape index (κ2) is 6.14. The number of aromatic nitrogens is 2. The number of methoxy groups -OCH3 is 1. The lowest BCUT2D eigenvalue weighted by atomic mass is 10.0. The fourth-order valence-electron chi connectivity index (χ4n) is 2.72. The molecule has 1 atom stereocenters. The van der Waals surface area contributed by atoms with Crippen LogP contribution in [0, 0.1) is 0 Å². The zero-order valence-corrected chi connectivity index (χ0v) is 12.6. The van der Waals surface area contributed by atoms with Gasteiger partial charge >= 0.3 is 6.01 Å². The Morgan fingerprint density at radius 2 is 2.25 bits per heavy atom. The van der Waals surface area contributed by atoms with Gasteiger partial charge in [0.15, 0.2) is 5.82 Å². The predicted molar refractivity (Wildman–Crippen MR) is 79.6 cm³/mol. The summed E-state index contributed by atoms with van der Waals surface area (Å²) in [7, 11) is 1.58. The molecular weight excluding hydrogens is 276 g/mol. The van der Waals surface area contributed by atoms with Crippen molar-refractivity contribution in [2.24, 2.45) is 0 Å². The maximum absolute atomic E-state index is 6.28. The van der Waals surface area contributed by atoms with Crippen LogP contribution in [0.25, 0.3) is 0 Å². The Hall–Kier alpha value is -1.07. The molecule has 0 radical (unpaired) electrons. The van der Waals surface area contributed by atoms with E-state index in [1.54, 1.807) is 13.3 Å². The van der Waals surface area contributed by atoms with Crippen LogP contribution in [-0.2, 0) is 0 Å². The summed E-state index contributed by atoms with van der Waals surface area (Å²) >= 11 is 6.28. The summed E-state index contributed by atoms with van der Waals surface area (Å²) in [5, 5.41) is 4.22. The summed E-state index contributed by atoms with van der Waals surface area (Å²) in [4.78, 5) is 10.8. The summed E-state index contributed by atoms with van der Waals surface area (Å²) in [6, 6.07) is 1.57. The second-order valence-corrected chi connectivity index (χ2v) is 5.96. The molecule has 1 saturated heterocycles. The minimum Gasteiger partial charge on any atom is -0.467 e. The highest BCUT2D eigenvalue weighted by Crippen LogP contribution is 2.30. The molecule has 110 valence electrons. The van der Waals surface area contributed by atoms with Crippen molar-refractivity contribution in [2.45, 2.75) is 44.2 Å². The molecule has 0 aromatic carbocycles. The molecule has 2 aliphatic rings. The molecule has 1 aliphatic carbocycles. The molecule has 5 nitrogen and oxygen atoms in total. The van der Waals surface area contributed by atoms with Gasteiger partial charge in [-0.3, -0.25) is 0 Å². The molecule has 0 amide bonds. The van der Waals surface area contributed by atoms with Crippen molar-refractivity contribution in [2.75, 3.05) is 25.1 Å². The largest absolute Gasteiger partial charge is 0.467 e. The van der Waals surface area contributed by atoms with Crippen molar-refractivity contribution in [1.29, 1.82) is 0 Å². The summed E-state index contributed by atoms with van der Waals surface area (Å²) in [5.41, 5.74) is 0. The topological polar surface area (TPSA) is 50.3 Å². The zero-order chi connectivity index (χ0) is 13.9. The Morgan fingerprint density at radius 3 is 3.00 bits per heavy atom. The normalized spacial score (nSPS) is 22.9. The Labute approximate surface area is 124 Å². The number of piperidine rings is 1. The minimum absolute atomic E-state index is 0.379. The van der Waals surface area contributed by atoms with E-state index in [0.29, 0.717) is 17.1 Å². The van der Waals surface area contributed by atoms with Crippen molar-refractivity contribution < 1.29 is 4.74 Å². The molecule has 1 N–H and O–H groups in total.